The Morgan fingerprint density at radius 1 is 1.46 bits per heavy atom. The third kappa shape index (κ3) is 2.11. The fourth-order valence-electron chi connectivity index (χ4n) is 1.77. The van der Waals surface area contributed by atoms with Gasteiger partial charge < -0.3 is 9.79 Å². The van der Waals surface area contributed by atoms with Gasteiger partial charge in [0.25, 0.3) is 0 Å². The summed E-state index contributed by atoms with van der Waals surface area (Å²) < 4.78 is 11.2. The molecule has 0 bridgehead atoms. The van der Waals surface area contributed by atoms with Gasteiger partial charge in [0.05, 0.1) is 5.16 Å². The average molecular weight is 202 g/mol. The highest BCUT2D eigenvalue weighted by molar-refractivity contribution is 7.53. The highest BCUT2D eigenvalue weighted by Crippen LogP contribution is 2.55. The maximum Gasteiger partial charge on any atom is 0.335 e. The molecule has 1 unspecified atom stereocenters. The summed E-state index contributed by atoms with van der Waals surface area (Å²) in [7, 11) is -4.04. The molecule has 0 aromatic rings. The van der Waals surface area contributed by atoms with Gasteiger partial charge >= 0.3 is 7.60 Å². The number of hydrogen-bond acceptors (Lipinski definition) is 1. The Morgan fingerprint density at radius 2 is 2.00 bits per heavy atom. The molecule has 1 aliphatic rings. The van der Waals surface area contributed by atoms with Gasteiger partial charge in [-0.05, 0) is 27.2 Å². The molecule has 0 amide bonds. The van der Waals surface area contributed by atoms with Gasteiger partial charge in [0.2, 0.25) is 0 Å². The van der Waals surface area contributed by atoms with E-state index in [0.29, 0.717) is 6.42 Å². The van der Waals surface area contributed by atoms with Crippen molar-refractivity contribution in [3.8, 4) is 0 Å². The van der Waals surface area contributed by atoms with Gasteiger partial charge in [-0.25, -0.2) is 0 Å². The topological polar surface area (TPSA) is 57.5 Å². The normalized spacial score (nSPS) is 29.6. The van der Waals surface area contributed by atoms with E-state index in [2.05, 4.69) is 0 Å². The van der Waals surface area contributed by atoms with Crippen molar-refractivity contribution in [1.82, 2.24) is 0 Å². The highest BCUT2D eigenvalue weighted by Gasteiger charge is 2.41. The van der Waals surface area contributed by atoms with E-state index in [0.717, 1.165) is 11.1 Å². The lowest BCUT2D eigenvalue weighted by Gasteiger charge is -2.30. The Bertz CT molecular complexity index is 324. The Labute approximate surface area is 78.3 Å². The van der Waals surface area contributed by atoms with Crippen molar-refractivity contribution < 1.29 is 14.4 Å². The van der Waals surface area contributed by atoms with E-state index >= 15 is 0 Å². The minimum absolute atomic E-state index is 0.439. The molecule has 3 nitrogen and oxygen atoms in total. The van der Waals surface area contributed by atoms with Gasteiger partial charge in [-0.15, -0.1) is 0 Å². The second-order valence-electron chi connectivity index (χ2n) is 3.96. The summed E-state index contributed by atoms with van der Waals surface area (Å²) >= 11 is 0. The predicted molar refractivity (Wildman–Crippen MR) is 52.6 cm³/mol. The van der Waals surface area contributed by atoms with Gasteiger partial charge in [0.15, 0.2) is 0 Å². The van der Waals surface area contributed by atoms with E-state index < -0.39 is 12.8 Å². The lowest BCUT2D eigenvalue weighted by molar-refractivity contribution is 0.343. The predicted octanol–water partition coefficient (Wildman–Crippen LogP) is 2.22. The fourth-order valence-corrected chi connectivity index (χ4v) is 2.60. The lowest BCUT2D eigenvalue weighted by Crippen LogP contribution is -2.24. The van der Waals surface area contributed by atoms with Crippen LogP contribution in [0.15, 0.2) is 23.3 Å². The summed E-state index contributed by atoms with van der Waals surface area (Å²) in [4.78, 5) is 18.4. The summed E-state index contributed by atoms with van der Waals surface area (Å²) in [6.45, 7) is 5.36. The quantitative estimate of drug-likeness (QED) is 0.641. The van der Waals surface area contributed by atoms with E-state index in [1.165, 1.54) is 0 Å². The molecule has 0 fully saturated rings. The van der Waals surface area contributed by atoms with Crippen molar-refractivity contribution in [2.75, 3.05) is 0 Å². The molecule has 0 saturated heterocycles. The van der Waals surface area contributed by atoms with E-state index in [1.807, 2.05) is 19.9 Å². The smallest absolute Gasteiger partial charge is 0.324 e. The second kappa shape index (κ2) is 3.09. The maximum absolute atomic E-state index is 11.2. The number of hydrogen-bond donors (Lipinski definition) is 2. The molecule has 0 saturated carbocycles. The van der Waals surface area contributed by atoms with Crippen molar-refractivity contribution in [3.05, 3.63) is 23.3 Å². The minimum atomic E-state index is -4.04. The van der Waals surface area contributed by atoms with Crippen LogP contribution in [0.25, 0.3) is 0 Å². The van der Waals surface area contributed by atoms with Crippen LogP contribution in [0.3, 0.4) is 0 Å². The first-order valence-electron chi connectivity index (χ1n) is 4.17. The van der Waals surface area contributed by atoms with Gasteiger partial charge in [-0.3, -0.25) is 4.57 Å². The zero-order valence-corrected chi connectivity index (χ0v) is 9.01. The largest absolute Gasteiger partial charge is 0.335 e. The van der Waals surface area contributed by atoms with Crippen molar-refractivity contribution in [1.29, 1.82) is 0 Å². The second-order valence-corrected chi connectivity index (χ2v) is 6.07. The lowest BCUT2D eigenvalue weighted by atomic mass is 9.92. The first kappa shape index (κ1) is 10.7. The van der Waals surface area contributed by atoms with Gasteiger partial charge in [0, 0.05) is 0 Å². The monoisotopic (exact) mass is 202 g/mol. The third-order valence-electron chi connectivity index (χ3n) is 2.31. The standard InChI is InChI=1S/C9H15O3P/c1-7-4-8(2)6-9(3,5-7)13(10,11)12/h4-5H,6H2,1-3H3,(H2,10,11,12). The van der Waals surface area contributed by atoms with Crippen LogP contribution >= 0.6 is 7.60 Å². The molecule has 0 aromatic carbocycles. The summed E-state index contributed by atoms with van der Waals surface area (Å²) in [6, 6.07) is 0. The van der Waals surface area contributed by atoms with Crippen molar-refractivity contribution in [3.63, 3.8) is 0 Å². The molecule has 0 heterocycles. The maximum atomic E-state index is 11.2. The number of rotatable bonds is 1. The summed E-state index contributed by atoms with van der Waals surface area (Å²) in [6.07, 6.45) is 4.06. The molecule has 0 spiro atoms. The molecule has 1 rings (SSSR count). The molecule has 4 heteroatoms. The van der Waals surface area contributed by atoms with Gasteiger partial charge in [-0.1, -0.05) is 23.3 Å². The molecule has 2 N–H and O–H groups in total. The number of allylic oxidation sites excluding steroid dienone is 4. The van der Waals surface area contributed by atoms with Crippen LogP contribution < -0.4 is 0 Å². The van der Waals surface area contributed by atoms with Crippen LogP contribution in [0.5, 0.6) is 0 Å². The first-order chi connectivity index (χ1) is 5.74. The zero-order chi connectivity index (χ0) is 10.3. The highest BCUT2D eigenvalue weighted by atomic mass is 31.2. The van der Waals surface area contributed by atoms with Crippen LogP contribution in [0.4, 0.5) is 0 Å². The molecule has 0 radical (unpaired) electrons. The summed E-state index contributed by atoms with van der Waals surface area (Å²) in [5, 5.41) is -1.00. The van der Waals surface area contributed by atoms with Crippen LogP contribution in [0, 0.1) is 0 Å². The van der Waals surface area contributed by atoms with E-state index in [9.17, 15) is 14.4 Å². The molecule has 13 heavy (non-hydrogen) atoms. The Morgan fingerprint density at radius 3 is 2.38 bits per heavy atom. The van der Waals surface area contributed by atoms with Crippen molar-refractivity contribution in [2.45, 2.75) is 32.3 Å². The van der Waals surface area contributed by atoms with Crippen LogP contribution in [0.1, 0.15) is 27.2 Å². The molecular weight excluding hydrogens is 187 g/mol. The molecule has 0 aromatic heterocycles. The molecule has 74 valence electrons. The molecule has 0 aliphatic heterocycles. The van der Waals surface area contributed by atoms with Crippen molar-refractivity contribution in [2.24, 2.45) is 0 Å². The van der Waals surface area contributed by atoms with Crippen molar-refractivity contribution >= 4 is 7.60 Å². The van der Waals surface area contributed by atoms with E-state index in [4.69, 9.17) is 0 Å². The summed E-state index contributed by atoms with van der Waals surface area (Å²) in [5.74, 6) is 0. The SMILES string of the molecule is CC1=CC(C)(P(=O)(O)O)CC(C)=C1. The summed E-state index contributed by atoms with van der Waals surface area (Å²) in [5.41, 5.74) is 1.94. The van der Waals surface area contributed by atoms with Crippen LogP contribution in [-0.2, 0) is 4.57 Å². The fraction of sp³-hybridized carbons (Fsp3) is 0.556. The van der Waals surface area contributed by atoms with Gasteiger partial charge in [0.1, 0.15) is 0 Å². The Balaban J connectivity index is 3.11. The van der Waals surface area contributed by atoms with Crippen LogP contribution in [0.2, 0.25) is 0 Å². The first-order valence-corrected chi connectivity index (χ1v) is 5.78. The minimum Gasteiger partial charge on any atom is -0.324 e. The zero-order valence-electron chi connectivity index (χ0n) is 8.11. The Hall–Kier alpha value is -0.370. The molecule has 1 atom stereocenters. The third-order valence-corrected chi connectivity index (χ3v) is 3.93. The van der Waals surface area contributed by atoms with Gasteiger partial charge in [-0.2, -0.15) is 0 Å². The molecule has 1 aliphatic carbocycles. The average Bonchev–Trinajstić information content (AvgIpc) is 1.79. The molecular formula is C9H15O3P. The van der Waals surface area contributed by atoms with E-state index in [-0.39, 0.29) is 0 Å². The van der Waals surface area contributed by atoms with E-state index in [1.54, 1.807) is 13.0 Å². The van der Waals surface area contributed by atoms with Crippen LogP contribution in [-0.4, -0.2) is 14.9 Å². The Kier molecular flexibility index (Phi) is 2.54.